The lowest BCUT2D eigenvalue weighted by atomic mass is 9.99. The van der Waals surface area contributed by atoms with Crippen molar-refractivity contribution in [1.29, 1.82) is 0 Å². The van der Waals surface area contributed by atoms with Gasteiger partial charge in [-0.25, -0.2) is 0 Å². The van der Waals surface area contributed by atoms with Gasteiger partial charge in [0.1, 0.15) is 0 Å². The van der Waals surface area contributed by atoms with E-state index in [0.717, 1.165) is 12.8 Å². The maximum Gasteiger partial charge on any atom is 0.0507 e. The van der Waals surface area contributed by atoms with Crippen LogP contribution in [0.4, 0.5) is 0 Å². The summed E-state index contributed by atoms with van der Waals surface area (Å²) in [5, 5.41) is 11.5. The van der Waals surface area contributed by atoms with E-state index in [0.29, 0.717) is 5.92 Å². The summed E-state index contributed by atoms with van der Waals surface area (Å²) in [4.78, 5) is 1.29. The number of thiophene rings is 1. The lowest BCUT2D eigenvalue weighted by molar-refractivity contribution is 0.261. The molecule has 1 aromatic heterocycles. The molecule has 84 valence electrons. The predicted octanol–water partition coefficient (Wildman–Crippen LogP) is 3.46. The van der Waals surface area contributed by atoms with Crippen molar-refractivity contribution < 1.29 is 5.11 Å². The van der Waals surface area contributed by atoms with E-state index < -0.39 is 0 Å². The van der Waals surface area contributed by atoms with Crippen molar-refractivity contribution in [1.82, 2.24) is 0 Å². The molecule has 16 heavy (non-hydrogen) atoms. The van der Waals surface area contributed by atoms with Crippen LogP contribution in [0.3, 0.4) is 0 Å². The van der Waals surface area contributed by atoms with E-state index in [9.17, 15) is 5.11 Å². The molecular weight excluding hydrogens is 216 g/mol. The number of rotatable bonds is 5. The third-order valence-electron chi connectivity index (χ3n) is 2.79. The molecule has 1 unspecified atom stereocenters. The van der Waals surface area contributed by atoms with Crippen LogP contribution in [-0.4, -0.2) is 11.7 Å². The van der Waals surface area contributed by atoms with E-state index in [1.54, 1.807) is 11.3 Å². The van der Waals surface area contributed by atoms with Gasteiger partial charge in [0.15, 0.2) is 0 Å². The molecule has 0 bridgehead atoms. The Morgan fingerprint density at radius 3 is 2.50 bits per heavy atom. The third kappa shape index (κ3) is 2.94. The first-order chi connectivity index (χ1) is 7.90. The molecule has 0 saturated heterocycles. The smallest absolute Gasteiger partial charge is 0.0507 e. The molecule has 0 radical (unpaired) electrons. The summed E-state index contributed by atoms with van der Waals surface area (Å²) in [6.45, 7) is 0.243. The summed E-state index contributed by atoms with van der Waals surface area (Å²) in [6.07, 6.45) is 2.05. The highest BCUT2D eigenvalue weighted by molar-refractivity contribution is 7.10. The van der Waals surface area contributed by atoms with E-state index in [4.69, 9.17) is 0 Å². The highest BCUT2D eigenvalue weighted by Crippen LogP contribution is 2.25. The second kappa shape index (κ2) is 5.83. The number of hydrogen-bond donors (Lipinski definition) is 1. The number of aliphatic hydroxyl groups excluding tert-OH is 1. The number of aliphatic hydroxyl groups is 1. The second-order valence-electron chi connectivity index (χ2n) is 3.92. The van der Waals surface area contributed by atoms with Gasteiger partial charge < -0.3 is 5.11 Å². The van der Waals surface area contributed by atoms with Crippen LogP contribution in [0.25, 0.3) is 0 Å². The highest BCUT2D eigenvalue weighted by Gasteiger charge is 2.11. The summed E-state index contributed by atoms with van der Waals surface area (Å²) in [5.41, 5.74) is 1.34. The molecular formula is C14H16OS. The van der Waals surface area contributed by atoms with E-state index in [1.165, 1.54) is 10.4 Å². The molecule has 0 spiro atoms. The summed E-state index contributed by atoms with van der Waals surface area (Å²) < 4.78 is 0. The first-order valence-corrected chi connectivity index (χ1v) is 6.46. The normalized spacial score (nSPS) is 12.6. The number of hydrogen-bond acceptors (Lipinski definition) is 2. The minimum Gasteiger partial charge on any atom is -0.396 e. The quantitative estimate of drug-likeness (QED) is 0.837. The van der Waals surface area contributed by atoms with Gasteiger partial charge in [0.25, 0.3) is 0 Å². The molecule has 0 saturated carbocycles. The van der Waals surface area contributed by atoms with Crippen molar-refractivity contribution >= 4 is 11.3 Å². The monoisotopic (exact) mass is 232 g/mol. The molecule has 0 aliphatic rings. The Kier molecular flexibility index (Phi) is 4.14. The third-order valence-corrected chi connectivity index (χ3v) is 3.83. The summed E-state index contributed by atoms with van der Waals surface area (Å²) >= 11 is 1.73. The summed E-state index contributed by atoms with van der Waals surface area (Å²) in [5.74, 6) is 0.292. The molecule has 1 nitrogen and oxygen atoms in total. The lowest BCUT2D eigenvalue weighted by Gasteiger charge is -2.11. The van der Waals surface area contributed by atoms with Crippen LogP contribution < -0.4 is 0 Å². The maximum atomic E-state index is 9.38. The molecule has 0 amide bonds. The van der Waals surface area contributed by atoms with Crippen LogP contribution in [0.1, 0.15) is 22.8 Å². The van der Waals surface area contributed by atoms with Crippen molar-refractivity contribution in [3.05, 3.63) is 58.3 Å². The Morgan fingerprint density at radius 1 is 1.06 bits per heavy atom. The Balaban J connectivity index is 1.94. The number of benzene rings is 1. The van der Waals surface area contributed by atoms with Crippen LogP contribution in [0.2, 0.25) is 0 Å². The topological polar surface area (TPSA) is 20.2 Å². The van der Waals surface area contributed by atoms with Crippen molar-refractivity contribution in [3.8, 4) is 0 Å². The van der Waals surface area contributed by atoms with Crippen molar-refractivity contribution in [2.24, 2.45) is 0 Å². The summed E-state index contributed by atoms with van der Waals surface area (Å²) in [6, 6.07) is 14.6. The Bertz CT molecular complexity index is 394. The van der Waals surface area contributed by atoms with Crippen LogP contribution in [-0.2, 0) is 6.42 Å². The van der Waals surface area contributed by atoms with E-state index in [-0.39, 0.29) is 6.61 Å². The van der Waals surface area contributed by atoms with Crippen molar-refractivity contribution in [2.75, 3.05) is 6.61 Å². The number of aryl methyl sites for hydroxylation is 1. The Hall–Kier alpha value is -1.12. The molecule has 2 heteroatoms. The molecule has 1 heterocycles. The SMILES string of the molecule is OCC(CCc1ccccc1)c1cccs1. The lowest BCUT2D eigenvalue weighted by Crippen LogP contribution is -2.03. The van der Waals surface area contributed by atoms with Gasteiger partial charge in [0.2, 0.25) is 0 Å². The molecule has 0 aliphatic carbocycles. The molecule has 1 N–H and O–H groups in total. The maximum absolute atomic E-state index is 9.38. The van der Waals surface area contributed by atoms with Crippen LogP contribution >= 0.6 is 11.3 Å². The zero-order valence-corrected chi connectivity index (χ0v) is 9.99. The Labute approximate surface area is 100 Å². The minimum absolute atomic E-state index is 0.243. The fourth-order valence-electron chi connectivity index (χ4n) is 1.83. The highest BCUT2D eigenvalue weighted by atomic mass is 32.1. The molecule has 0 fully saturated rings. The fraction of sp³-hybridized carbons (Fsp3) is 0.286. The standard InChI is InChI=1S/C14H16OS/c15-11-13(14-7-4-10-16-14)9-8-12-5-2-1-3-6-12/h1-7,10,13,15H,8-9,11H2. The van der Waals surface area contributed by atoms with Gasteiger partial charge in [-0.2, -0.15) is 0 Å². The molecule has 2 rings (SSSR count). The largest absolute Gasteiger partial charge is 0.396 e. The minimum atomic E-state index is 0.243. The first kappa shape index (κ1) is 11.4. The van der Waals surface area contributed by atoms with Crippen LogP contribution in [0, 0.1) is 0 Å². The predicted molar refractivity (Wildman–Crippen MR) is 68.9 cm³/mol. The Morgan fingerprint density at radius 2 is 1.88 bits per heavy atom. The van der Waals surface area contributed by atoms with Crippen LogP contribution in [0.15, 0.2) is 47.8 Å². The van der Waals surface area contributed by atoms with Gasteiger partial charge in [0, 0.05) is 10.8 Å². The summed E-state index contributed by atoms with van der Waals surface area (Å²) in [7, 11) is 0. The zero-order valence-electron chi connectivity index (χ0n) is 9.17. The van der Waals surface area contributed by atoms with Gasteiger partial charge in [-0.05, 0) is 29.9 Å². The van der Waals surface area contributed by atoms with Gasteiger partial charge >= 0.3 is 0 Å². The molecule has 2 aromatic rings. The van der Waals surface area contributed by atoms with Gasteiger partial charge in [-0.3, -0.25) is 0 Å². The fourth-order valence-corrected chi connectivity index (χ4v) is 2.69. The van der Waals surface area contributed by atoms with Gasteiger partial charge in [0.05, 0.1) is 6.61 Å². The van der Waals surface area contributed by atoms with E-state index in [2.05, 4.69) is 35.7 Å². The zero-order chi connectivity index (χ0) is 11.2. The van der Waals surface area contributed by atoms with Crippen molar-refractivity contribution in [3.63, 3.8) is 0 Å². The average Bonchev–Trinajstić information content (AvgIpc) is 2.85. The first-order valence-electron chi connectivity index (χ1n) is 5.58. The van der Waals surface area contributed by atoms with Crippen LogP contribution in [0.5, 0.6) is 0 Å². The van der Waals surface area contributed by atoms with Crippen molar-refractivity contribution in [2.45, 2.75) is 18.8 Å². The molecule has 1 aromatic carbocycles. The van der Waals surface area contributed by atoms with E-state index >= 15 is 0 Å². The second-order valence-corrected chi connectivity index (χ2v) is 4.90. The average molecular weight is 232 g/mol. The molecule has 1 atom stereocenters. The van der Waals surface area contributed by atoms with Gasteiger partial charge in [-0.15, -0.1) is 11.3 Å². The van der Waals surface area contributed by atoms with Gasteiger partial charge in [-0.1, -0.05) is 36.4 Å². The molecule has 0 aliphatic heterocycles. The van der Waals surface area contributed by atoms with E-state index in [1.807, 2.05) is 12.1 Å².